The summed E-state index contributed by atoms with van der Waals surface area (Å²) in [5.74, 6) is 0.488. The molecule has 7 heteroatoms. The number of likely N-dealkylation sites (N-methyl/N-ethyl adjacent to an activating group) is 1. The Hall–Kier alpha value is -2.25. The van der Waals surface area contributed by atoms with Crippen LogP contribution in [0.3, 0.4) is 0 Å². The topological polar surface area (TPSA) is 90.1 Å². The van der Waals surface area contributed by atoms with E-state index in [1.165, 1.54) is 0 Å². The van der Waals surface area contributed by atoms with E-state index < -0.39 is 0 Å². The molecule has 1 aromatic carbocycles. The molecule has 2 aromatic rings. The number of hydrogen-bond acceptors (Lipinski definition) is 5. The van der Waals surface area contributed by atoms with Crippen molar-refractivity contribution in [1.29, 1.82) is 0 Å². The number of carbonyl (C=O) groups excluding carboxylic acids is 1. The molecule has 0 spiro atoms. The molecular formula is C17H23N5O2. The zero-order valence-electron chi connectivity index (χ0n) is 14.0. The van der Waals surface area contributed by atoms with Crippen LogP contribution < -0.4 is 16.4 Å². The van der Waals surface area contributed by atoms with Gasteiger partial charge in [0.25, 0.3) is 5.56 Å². The largest absolute Gasteiger partial charge is 0.337 e. The molecule has 2 heterocycles. The summed E-state index contributed by atoms with van der Waals surface area (Å²) < 4.78 is 0. The molecule has 24 heavy (non-hydrogen) atoms. The van der Waals surface area contributed by atoms with Gasteiger partial charge in [0.05, 0.1) is 17.4 Å². The zero-order chi connectivity index (χ0) is 17.1. The third kappa shape index (κ3) is 3.47. The number of nitrogens with one attached hydrogen (secondary N) is 3. The Labute approximate surface area is 140 Å². The highest BCUT2D eigenvalue weighted by molar-refractivity contribution is 5.82. The van der Waals surface area contributed by atoms with Gasteiger partial charge in [0.2, 0.25) is 5.91 Å². The Bertz CT molecular complexity index is 788. The minimum Gasteiger partial charge on any atom is -0.337 e. The van der Waals surface area contributed by atoms with Crippen LogP contribution in [0.1, 0.15) is 32.0 Å². The van der Waals surface area contributed by atoms with Gasteiger partial charge in [-0.25, -0.2) is 10.4 Å². The number of hydrogen-bond donors (Lipinski definition) is 3. The van der Waals surface area contributed by atoms with Gasteiger partial charge in [-0.1, -0.05) is 25.5 Å². The van der Waals surface area contributed by atoms with Crippen LogP contribution >= 0.6 is 0 Å². The van der Waals surface area contributed by atoms with Crippen molar-refractivity contribution in [3.63, 3.8) is 0 Å². The lowest BCUT2D eigenvalue weighted by Crippen LogP contribution is -2.44. The lowest BCUT2D eigenvalue weighted by atomic mass is 10.1. The summed E-state index contributed by atoms with van der Waals surface area (Å²) in [6, 6.07) is 7.28. The fraction of sp³-hybridized carbons (Fsp3) is 0.471. The lowest BCUT2D eigenvalue weighted by Gasteiger charge is -2.20. The Morgan fingerprint density at radius 3 is 2.92 bits per heavy atom. The Morgan fingerprint density at radius 2 is 2.12 bits per heavy atom. The van der Waals surface area contributed by atoms with Gasteiger partial charge in [-0.3, -0.25) is 15.0 Å². The molecule has 128 valence electrons. The summed E-state index contributed by atoms with van der Waals surface area (Å²) in [6.45, 7) is 2.40. The van der Waals surface area contributed by atoms with Crippen LogP contribution in [-0.2, 0) is 11.3 Å². The van der Waals surface area contributed by atoms with Crippen molar-refractivity contribution in [3.05, 3.63) is 40.4 Å². The summed E-state index contributed by atoms with van der Waals surface area (Å²) in [4.78, 5) is 33.5. The number of hydrazine groups is 1. The van der Waals surface area contributed by atoms with Crippen LogP contribution in [0.25, 0.3) is 10.9 Å². The summed E-state index contributed by atoms with van der Waals surface area (Å²) in [6.07, 6.45) is 2.90. The van der Waals surface area contributed by atoms with Crippen LogP contribution in [0.4, 0.5) is 0 Å². The smallest absolute Gasteiger partial charge is 0.258 e. The minimum absolute atomic E-state index is 0.00286. The number of H-pyrrole nitrogens is 1. The molecule has 0 saturated carbocycles. The third-order valence-electron chi connectivity index (χ3n) is 4.34. The van der Waals surface area contributed by atoms with Gasteiger partial charge in [0.15, 0.2) is 0 Å². The molecule has 0 radical (unpaired) electrons. The number of para-hydroxylation sites is 1. The van der Waals surface area contributed by atoms with Crippen molar-refractivity contribution in [2.45, 2.75) is 44.8 Å². The molecular weight excluding hydrogens is 306 g/mol. The van der Waals surface area contributed by atoms with Crippen molar-refractivity contribution in [2.24, 2.45) is 0 Å². The molecule has 2 unspecified atom stereocenters. The summed E-state index contributed by atoms with van der Waals surface area (Å²) in [5.41, 5.74) is 6.69. The number of aromatic nitrogens is 2. The van der Waals surface area contributed by atoms with Gasteiger partial charge in [-0.15, -0.1) is 0 Å². The average molecular weight is 329 g/mol. The molecule has 7 nitrogen and oxygen atoms in total. The van der Waals surface area contributed by atoms with Crippen molar-refractivity contribution >= 4 is 16.8 Å². The van der Waals surface area contributed by atoms with E-state index in [0.29, 0.717) is 22.8 Å². The number of fused-ring (bicyclic) bond motifs is 1. The van der Waals surface area contributed by atoms with Crippen molar-refractivity contribution < 1.29 is 4.79 Å². The highest BCUT2D eigenvalue weighted by Gasteiger charge is 2.30. The second-order valence-corrected chi connectivity index (χ2v) is 6.29. The van der Waals surface area contributed by atoms with Gasteiger partial charge in [0.1, 0.15) is 11.9 Å². The molecule has 1 saturated heterocycles. The fourth-order valence-electron chi connectivity index (χ4n) is 3.10. The summed E-state index contributed by atoms with van der Waals surface area (Å²) in [5, 5.41) is 0.555. The van der Waals surface area contributed by atoms with Crippen LogP contribution in [-0.4, -0.2) is 39.9 Å². The zero-order valence-corrected chi connectivity index (χ0v) is 14.0. The second kappa shape index (κ2) is 7.11. The molecule has 2 atom stereocenters. The van der Waals surface area contributed by atoms with E-state index in [-0.39, 0.29) is 24.1 Å². The monoisotopic (exact) mass is 329 g/mol. The van der Waals surface area contributed by atoms with Gasteiger partial charge in [-0.05, 0) is 25.0 Å². The number of aromatic amines is 1. The summed E-state index contributed by atoms with van der Waals surface area (Å²) >= 11 is 0. The first kappa shape index (κ1) is 16.6. The molecule has 1 aromatic heterocycles. The average Bonchev–Trinajstić information content (AvgIpc) is 3.03. The van der Waals surface area contributed by atoms with Crippen LogP contribution in [0.5, 0.6) is 0 Å². The predicted octanol–water partition coefficient (Wildman–Crippen LogP) is 0.917. The van der Waals surface area contributed by atoms with E-state index in [0.717, 1.165) is 19.3 Å². The van der Waals surface area contributed by atoms with E-state index in [1.807, 2.05) is 6.07 Å². The number of carbonyl (C=O) groups is 1. The normalized spacial score (nSPS) is 20.4. The molecule has 1 aliphatic heterocycles. The maximum Gasteiger partial charge on any atom is 0.258 e. The number of benzene rings is 1. The molecule has 3 rings (SSSR count). The van der Waals surface area contributed by atoms with E-state index >= 15 is 0 Å². The first-order chi connectivity index (χ1) is 11.6. The molecule has 1 amide bonds. The van der Waals surface area contributed by atoms with Gasteiger partial charge in [0, 0.05) is 13.1 Å². The Kier molecular flexibility index (Phi) is 4.92. The first-order valence-electron chi connectivity index (χ1n) is 8.32. The van der Waals surface area contributed by atoms with Crippen LogP contribution in [0.15, 0.2) is 29.1 Å². The molecule has 0 aliphatic carbocycles. The molecule has 1 aliphatic rings. The van der Waals surface area contributed by atoms with Crippen molar-refractivity contribution in [3.8, 4) is 0 Å². The number of nitrogens with zero attached hydrogens (tertiary/aromatic N) is 2. The van der Waals surface area contributed by atoms with Crippen LogP contribution in [0, 0.1) is 0 Å². The van der Waals surface area contributed by atoms with Crippen molar-refractivity contribution in [1.82, 2.24) is 25.7 Å². The second-order valence-electron chi connectivity index (χ2n) is 6.29. The number of amides is 1. The maximum atomic E-state index is 12.6. The first-order valence-corrected chi connectivity index (χ1v) is 8.32. The van der Waals surface area contributed by atoms with Gasteiger partial charge in [-0.2, -0.15) is 0 Å². The standard InChI is InChI=1S/C17H23N5O2/c1-3-6-11-9-14(21-20-11)17(24)22(2)10-15-18-13-8-5-4-7-12(13)16(23)19-15/h4-5,7-8,11,14,20-21H,3,6,9-10H2,1-2H3,(H,18,19,23). The fourth-order valence-corrected chi connectivity index (χ4v) is 3.10. The molecule has 3 N–H and O–H groups in total. The van der Waals surface area contributed by atoms with E-state index in [9.17, 15) is 9.59 Å². The Balaban J connectivity index is 1.69. The third-order valence-corrected chi connectivity index (χ3v) is 4.34. The highest BCUT2D eigenvalue weighted by Crippen LogP contribution is 2.13. The lowest BCUT2D eigenvalue weighted by molar-refractivity contribution is -0.132. The van der Waals surface area contributed by atoms with E-state index in [2.05, 4.69) is 27.7 Å². The van der Waals surface area contributed by atoms with Gasteiger partial charge < -0.3 is 9.88 Å². The SMILES string of the molecule is CCCC1CC(C(=O)N(C)Cc2nc3ccccc3c(=O)[nH]2)NN1. The quantitative estimate of drug-likeness (QED) is 0.759. The summed E-state index contributed by atoms with van der Waals surface area (Å²) in [7, 11) is 1.73. The minimum atomic E-state index is -0.237. The highest BCUT2D eigenvalue weighted by atomic mass is 16.2. The van der Waals surface area contributed by atoms with Gasteiger partial charge >= 0.3 is 0 Å². The van der Waals surface area contributed by atoms with E-state index in [1.54, 1.807) is 30.1 Å². The molecule has 1 fully saturated rings. The molecule has 0 bridgehead atoms. The van der Waals surface area contributed by atoms with Crippen LogP contribution in [0.2, 0.25) is 0 Å². The number of rotatable bonds is 5. The van der Waals surface area contributed by atoms with Crippen molar-refractivity contribution in [2.75, 3.05) is 7.05 Å². The maximum absolute atomic E-state index is 12.6. The van der Waals surface area contributed by atoms with E-state index in [4.69, 9.17) is 0 Å². The predicted molar refractivity (Wildman–Crippen MR) is 92.2 cm³/mol. The Morgan fingerprint density at radius 1 is 1.33 bits per heavy atom.